The van der Waals surface area contributed by atoms with Crippen molar-refractivity contribution in [2.24, 2.45) is 0 Å². The van der Waals surface area contributed by atoms with Gasteiger partial charge < -0.3 is 14.6 Å². The van der Waals surface area contributed by atoms with Gasteiger partial charge in [-0.25, -0.2) is 4.79 Å². The van der Waals surface area contributed by atoms with Gasteiger partial charge in [0.05, 0.1) is 6.61 Å². The highest BCUT2D eigenvalue weighted by atomic mass is 16.5. The molecule has 0 aliphatic carbocycles. The minimum Gasteiger partial charge on any atom is -0.479 e. The van der Waals surface area contributed by atoms with E-state index in [2.05, 4.69) is 0 Å². The molecule has 0 spiro atoms. The summed E-state index contributed by atoms with van der Waals surface area (Å²) in [7, 11) is 0. The molecule has 110 valence electrons. The third-order valence-corrected chi connectivity index (χ3v) is 2.97. The van der Waals surface area contributed by atoms with Gasteiger partial charge in [-0.1, -0.05) is 37.3 Å². The van der Waals surface area contributed by atoms with Gasteiger partial charge in [-0.3, -0.25) is 0 Å². The fourth-order valence-electron chi connectivity index (χ4n) is 1.88. The number of hydrogen-bond acceptors (Lipinski definition) is 3. The molecule has 0 aliphatic heterocycles. The number of aliphatic carboxylic acids is 1. The standard InChI is InChI=1S/C17H18O4/c1-2-16(17(18)19)20-12-13-7-6-10-15(11-13)21-14-8-4-3-5-9-14/h3-11,16H,2,12H2,1H3,(H,18,19). The molecule has 2 rings (SSSR count). The molecule has 0 amide bonds. The van der Waals surface area contributed by atoms with Crippen molar-refractivity contribution in [3.05, 3.63) is 60.2 Å². The molecule has 21 heavy (non-hydrogen) atoms. The molecule has 1 N–H and O–H groups in total. The van der Waals surface area contributed by atoms with Crippen LogP contribution in [0.2, 0.25) is 0 Å². The third-order valence-electron chi connectivity index (χ3n) is 2.97. The van der Waals surface area contributed by atoms with Crippen molar-refractivity contribution in [2.45, 2.75) is 26.1 Å². The molecule has 0 aromatic heterocycles. The molecule has 0 radical (unpaired) electrons. The molecule has 4 heteroatoms. The van der Waals surface area contributed by atoms with Crippen LogP contribution in [0.25, 0.3) is 0 Å². The van der Waals surface area contributed by atoms with E-state index in [1.54, 1.807) is 6.92 Å². The second-order valence-corrected chi connectivity index (χ2v) is 4.61. The minimum absolute atomic E-state index is 0.247. The summed E-state index contributed by atoms with van der Waals surface area (Å²) in [5.41, 5.74) is 0.878. The summed E-state index contributed by atoms with van der Waals surface area (Å²) in [5, 5.41) is 8.95. The monoisotopic (exact) mass is 286 g/mol. The van der Waals surface area contributed by atoms with E-state index in [0.717, 1.165) is 11.3 Å². The summed E-state index contributed by atoms with van der Waals surface area (Å²) < 4.78 is 11.1. The number of carboxylic acids is 1. The Morgan fingerprint density at radius 3 is 2.48 bits per heavy atom. The molecule has 0 saturated heterocycles. The van der Waals surface area contributed by atoms with E-state index >= 15 is 0 Å². The summed E-state index contributed by atoms with van der Waals surface area (Å²) in [6.45, 7) is 2.03. The summed E-state index contributed by atoms with van der Waals surface area (Å²) >= 11 is 0. The maximum Gasteiger partial charge on any atom is 0.332 e. The maximum absolute atomic E-state index is 10.9. The number of para-hydroxylation sites is 1. The Balaban J connectivity index is 1.99. The van der Waals surface area contributed by atoms with E-state index in [4.69, 9.17) is 14.6 Å². The Bertz CT molecular complexity index is 580. The lowest BCUT2D eigenvalue weighted by molar-refractivity contribution is -0.151. The van der Waals surface area contributed by atoms with Crippen LogP contribution in [-0.2, 0) is 16.1 Å². The maximum atomic E-state index is 10.9. The van der Waals surface area contributed by atoms with Crippen molar-refractivity contribution in [2.75, 3.05) is 0 Å². The zero-order valence-corrected chi connectivity index (χ0v) is 11.9. The van der Waals surface area contributed by atoms with Crippen molar-refractivity contribution in [3.63, 3.8) is 0 Å². The third kappa shape index (κ3) is 4.61. The van der Waals surface area contributed by atoms with Crippen LogP contribution in [-0.4, -0.2) is 17.2 Å². The highest BCUT2D eigenvalue weighted by molar-refractivity contribution is 5.72. The van der Waals surface area contributed by atoms with E-state index in [1.807, 2.05) is 54.6 Å². The number of benzene rings is 2. The van der Waals surface area contributed by atoms with E-state index in [-0.39, 0.29) is 6.61 Å². The molecular weight excluding hydrogens is 268 g/mol. The van der Waals surface area contributed by atoms with Crippen LogP contribution in [0.15, 0.2) is 54.6 Å². The topological polar surface area (TPSA) is 55.8 Å². The molecule has 0 aliphatic rings. The highest BCUT2D eigenvalue weighted by Crippen LogP contribution is 2.22. The average molecular weight is 286 g/mol. The second-order valence-electron chi connectivity index (χ2n) is 4.61. The van der Waals surface area contributed by atoms with E-state index in [0.29, 0.717) is 12.2 Å². The number of rotatable bonds is 7. The van der Waals surface area contributed by atoms with Gasteiger partial charge in [-0.2, -0.15) is 0 Å². The first kappa shape index (κ1) is 15.1. The molecule has 2 aromatic carbocycles. The molecule has 0 heterocycles. The van der Waals surface area contributed by atoms with Crippen molar-refractivity contribution in [3.8, 4) is 11.5 Å². The predicted octanol–water partition coefficient (Wildman–Crippen LogP) is 3.86. The van der Waals surface area contributed by atoms with Crippen molar-refractivity contribution >= 4 is 5.97 Å². The smallest absolute Gasteiger partial charge is 0.332 e. The zero-order valence-electron chi connectivity index (χ0n) is 11.9. The lowest BCUT2D eigenvalue weighted by Crippen LogP contribution is -2.22. The van der Waals surface area contributed by atoms with Gasteiger partial charge in [0, 0.05) is 0 Å². The van der Waals surface area contributed by atoms with Gasteiger partial charge in [0.25, 0.3) is 0 Å². The van der Waals surface area contributed by atoms with Gasteiger partial charge in [0.1, 0.15) is 11.5 Å². The molecule has 2 aromatic rings. The lowest BCUT2D eigenvalue weighted by atomic mass is 10.2. The number of carbonyl (C=O) groups is 1. The predicted molar refractivity (Wildman–Crippen MR) is 79.5 cm³/mol. The van der Waals surface area contributed by atoms with Crippen molar-refractivity contribution in [1.29, 1.82) is 0 Å². The Morgan fingerprint density at radius 1 is 1.10 bits per heavy atom. The number of ether oxygens (including phenoxy) is 2. The number of carboxylic acid groups (broad SMARTS) is 1. The van der Waals surface area contributed by atoms with E-state index in [1.165, 1.54) is 0 Å². The van der Waals surface area contributed by atoms with Gasteiger partial charge in [0.15, 0.2) is 6.10 Å². The quantitative estimate of drug-likeness (QED) is 0.839. The molecule has 1 atom stereocenters. The summed E-state index contributed by atoms with van der Waals surface area (Å²) in [5.74, 6) is 0.521. The highest BCUT2D eigenvalue weighted by Gasteiger charge is 2.15. The van der Waals surface area contributed by atoms with E-state index < -0.39 is 12.1 Å². The Kier molecular flexibility index (Phi) is 5.35. The molecule has 0 fully saturated rings. The first-order valence-corrected chi connectivity index (χ1v) is 6.85. The van der Waals surface area contributed by atoms with Crippen molar-refractivity contribution < 1.29 is 19.4 Å². The van der Waals surface area contributed by atoms with Crippen LogP contribution in [0.3, 0.4) is 0 Å². The average Bonchev–Trinajstić information content (AvgIpc) is 2.49. The van der Waals surface area contributed by atoms with Gasteiger partial charge in [-0.15, -0.1) is 0 Å². The minimum atomic E-state index is -0.936. The molecule has 0 bridgehead atoms. The Hall–Kier alpha value is -2.33. The fraction of sp³-hybridized carbons (Fsp3) is 0.235. The van der Waals surface area contributed by atoms with E-state index in [9.17, 15) is 4.79 Å². The lowest BCUT2D eigenvalue weighted by Gasteiger charge is -2.12. The van der Waals surface area contributed by atoms with Crippen LogP contribution in [0.5, 0.6) is 11.5 Å². The summed E-state index contributed by atoms with van der Waals surface area (Å²) in [4.78, 5) is 10.9. The molecule has 1 unspecified atom stereocenters. The van der Waals surface area contributed by atoms with Crippen molar-refractivity contribution in [1.82, 2.24) is 0 Å². The van der Waals surface area contributed by atoms with Crippen LogP contribution in [0.1, 0.15) is 18.9 Å². The molecular formula is C17H18O4. The second kappa shape index (κ2) is 7.45. The number of hydrogen-bond donors (Lipinski definition) is 1. The normalized spacial score (nSPS) is 11.9. The van der Waals surface area contributed by atoms with Gasteiger partial charge in [-0.05, 0) is 36.2 Å². The van der Waals surface area contributed by atoms with Crippen LogP contribution in [0, 0.1) is 0 Å². The molecule has 4 nitrogen and oxygen atoms in total. The first-order chi connectivity index (χ1) is 10.2. The summed E-state index contributed by atoms with van der Waals surface area (Å²) in [6.07, 6.45) is -0.334. The largest absolute Gasteiger partial charge is 0.479 e. The zero-order chi connectivity index (χ0) is 15.1. The van der Waals surface area contributed by atoms with Crippen LogP contribution >= 0.6 is 0 Å². The SMILES string of the molecule is CCC(OCc1cccc(Oc2ccccc2)c1)C(=O)O. The molecule has 0 saturated carbocycles. The summed E-state index contributed by atoms with van der Waals surface area (Å²) in [6, 6.07) is 16.9. The first-order valence-electron chi connectivity index (χ1n) is 6.85. The fourth-order valence-corrected chi connectivity index (χ4v) is 1.88. The van der Waals surface area contributed by atoms with Crippen LogP contribution < -0.4 is 4.74 Å². The van der Waals surface area contributed by atoms with Crippen LogP contribution in [0.4, 0.5) is 0 Å². The Labute approximate surface area is 123 Å². The van der Waals surface area contributed by atoms with Gasteiger partial charge in [0.2, 0.25) is 0 Å². The Morgan fingerprint density at radius 2 is 1.81 bits per heavy atom. The van der Waals surface area contributed by atoms with Gasteiger partial charge >= 0.3 is 5.97 Å².